The van der Waals surface area contributed by atoms with Crippen molar-refractivity contribution in [2.75, 3.05) is 18.5 Å². The second-order valence-electron chi connectivity index (χ2n) is 5.95. The molecule has 0 radical (unpaired) electrons. The fraction of sp³-hybridized carbons (Fsp3) is 0.615. The Morgan fingerprint density at radius 2 is 2.05 bits per heavy atom. The Morgan fingerprint density at radius 1 is 1.40 bits per heavy atom. The first-order valence-electron chi connectivity index (χ1n) is 6.44. The maximum atomic E-state index is 12.2. The fourth-order valence-electron chi connectivity index (χ4n) is 2.03. The molecule has 20 heavy (non-hydrogen) atoms. The number of hydrogen-bond donors (Lipinski definition) is 0. The first-order chi connectivity index (χ1) is 9.19. The second kappa shape index (κ2) is 4.81. The lowest BCUT2D eigenvalue weighted by molar-refractivity contribution is -0.158. The summed E-state index contributed by atoms with van der Waals surface area (Å²) in [6, 6.07) is -0.858. The third-order valence-electron chi connectivity index (χ3n) is 3.00. The van der Waals surface area contributed by atoms with Gasteiger partial charge in [-0.15, -0.1) is 0 Å². The molecule has 110 valence electrons. The van der Waals surface area contributed by atoms with Crippen molar-refractivity contribution in [1.82, 2.24) is 14.5 Å². The molecule has 0 aromatic carbocycles. The van der Waals surface area contributed by atoms with E-state index in [0.717, 1.165) is 0 Å². The molecular weight excluding hydrogens is 260 g/mol. The summed E-state index contributed by atoms with van der Waals surface area (Å²) in [5.74, 6) is 0.141. The van der Waals surface area contributed by atoms with Crippen LogP contribution in [0.5, 0.6) is 0 Å². The molecule has 1 atom stereocenters. The van der Waals surface area contributed by atoms with Crippen LogP contribution >= 0.6 is 0 Å². The van der Waals surface area contributed by atoms with Crippen LogP contribution in [0.2, 0.25) is 0 Å². The van der Waals surface area contributed by atoms with Gasteiger partial charge >= 0.3 is 12.0 Å². The molecule has 1 aromatic rings. The Hall–Kier alpha value is -2.05. The van der Waals surface area contributed by atoms with Crippen LogP contribution in [0.3, 0.4) is 0 Å². The minimum atomic E-state index is -0.608. The number of rotatable bonds is 2. The van der Waals surface area contributed by atoms with Crippen molar-refractivity contribution in [1.29, 1.82) is 0 Å². The van der Waals surface area contributed by atoms with Gasteiger partial charge in [-0.25, -0.2) is 14.6 Å². The fourth-order valence-corrected chi connectivity index (χ4v) is 2.03. The lowest BCUT2D eigenvalue weighted by atomic mass is 10.2. The number of aryl methyl sites for hydroxylation is 1. The van der Waals surface area contributed by atoms with Gasteiger partial charge in [0.05, 0.1) is 12.9 Å². The largest absolute Gasteiger partial charge is 0.458 e. The average Bonchev–Trinajstić information content (AvgIpc) is 2.83. The number of nitrogens with zero attached hydrogens (tertiary/aromatic N) is 4. The number of likely N-dealkylation sites (N-methyl/N-ethyl adjacent to an activating group) is 1. The Bertz CT molecular complexity index is 532. The summed E-state index contributed by atoms with van der Waals surface area (Å²) in [4.78, 5) is 31.3. The van der Waals surface area contributed by atoms with Crippen molar-refractivity contribution in [2.45, 2.75) is 32.4 Å². The Labute approximate surface area is 118 Å². The van der Waals surface area contributed by atoms with Crippen molar-refractivity contribution in [3.63, 3.8) is 0 Å². The first-order valence-corrected chi connectivity index (χ1v) is 6.44. The average molecular weight is 280 g/mol. The summed E-state index contributed by atoms with van der Waals surface area (Å²) >= 11 is 0. The van der Waals surface area contributed by atoms with Gasteiger partial charge in [0, 0.05) is 20.3 Å². The molecule has 1 aliphatic heterocycles. The molecule has 1 fully saturated rings. The van der Waals surface area contributed by atoms with Gasteiger partial charge in [-0.3, -0.25) is 4.90 Å². The Morgan fingerprint density at radius 3 is 2.55 bits per heavy atom. The van der Waals surface area contributed by atoms with E-state index in [2.05, 4.69) is 4.98 Å². The number of urea groups is 1. The zero-order chi connectivity index (χ0) is 15.1. The number of esters is 1. The third-order valence-corrected chi connectivity index (χ3v) is 3.00. The minimum Gasteiger partial charge on any atom is -0.458 e. The third kappa shape index (κ3) is 2.76. The molecular formula is C13H20N4O3. The van der Waals surface area contributed by atoms with Crippen LogP contribution in [-0.2, 0) is 16.6 Å². The van der Waals surface area contributed by atoms with E-state index in [4.69, 9.17) is 4.74 Å². The van der Waals surface area contributed by atoms with E-state index >= 15 is 0 Å². The highest BCUT2D eigenvalue weighted by molar-refractivity contribution is 5.98. The monoisotopic (exact) mass is 280 g/mol. The molecule has 0 saturated carbocycles. The van der Waals surface area contributed by atoms with Crippen LogP contribution in [0.15, 0.2) is 12.5 Å². The highest BCUT2D eigenvalue weighted by atomic mass is 16.6. The highest BCUT2D eigenvalue weighted by Crippen LogP contribution is 2.22. The molecule has 2 heterocycles. The Kier molecular flexibility index (Phi) is 3.45. The van der Waals surface area contributed by atoms with E-state index in [1.165, 1.54) is 9.80 Å². The van der Waals surface area contributed by atoms with E-state index < -0.39 is 17.6 Å². The Balaban J connectivity index is 2.15. The summed E-state index contributed by atoms with van der Waals surface area (Å²) in [5.41, 5.74) is -0.570. The number of carbonyl (C=O) groups excluding carboxylic acids is 2. The lowest BCUT2D eigenvalue weighted by Gasteiger charge is -2.24. The van der Waals surface area contributed by atoms with Crippen molar-refractivity contribution in [3.8, 4) is 0 Å². The smallest absolute Gasteiger partial charge is 0.331 e. The van der Waals surface area contributed by atoms with Gasteiger partial charge < -0.3 is 14.2 Å². The summed E-state index contributed by atoms with van der Waals surface area (Å²) in [7, 11) is 3.42. The summed E-state index contributed by atoms with van der Waals surface area (Å²) in [6.07, 6.45) is 3.35. The van der Waals surface area contributed by atoms with Crippen LogP contribution in [-0.4, -0.2) is 51.7 Å². The molecule has 1 aliphatic rings. The normalized spacial score (nSPS) is 19.6. The van der Waals surface area contributed by atoms with Crippen LogP contribution < -0.4 is 4.90 Å². The zero-order valence-corrected chi connectivity index (χ0v) is 12.5. The summed E-state index contributed by atoms with van der Waals surface area (Å²) < 4.78 is 7.10. The molecule has 1 unspecified atom stereocenters. The van der Waals surface area contributed by atoms with Crippen LogP contribution in [0.25, 0.3) is 0 Å². The zero-order valence-electron chi connectivity index (χ0n) is 12.5. The molecule has 0 aliphatic carbocycles. The summed E-state index contributed by atoms with van der Waals surface area (Å²) in [5, 5.41) is 0. The van der Waals surface area contributed by atoms with Gasteiger partial charge in [-0.05, 0) is 20.8 Å². The predicted molar refractivity (Wildman–Crippen MR) is 73.3 cm³/mol. The molecule has 7 nitrogen and oxygen atoms in total. The second-order valence-corrected chi connectivity index (χ2v) is 5.95. The standard InChI is InChI=1S/C13H20N4O3/c1-13(2,3)20-11(18)9-6-17(12(19)16(9)5)10-7-15(4)8-14-10/h7-9H,6H2,1-5H3. The quantitative estimate of drug-likeness (QED) is 0.758. The summed E-state index contributed by atoms with van der Waals surface area (Å²) in [6.45, 7) is 5.66. The van der Waals surface area contributed by atoms with Gasteiger partial charge in [0.15, 0.2) is 5.82 Å². The number of ether oxygens (including phenoxy) is 1. The van der Waals surface area contributed by atoms with Crippen LogP contribution in [0.4, 0.5) is 10.6 Å². The van der Waals surface area contributed by atoms with Gasteiger partial charge in [0.1, 0.15) is 11.6 Å². The number of imidazole rings is 1. The van der Waals surface area contributed by atoms with Crippen LogP contribution in [0, 0.1) is 0 Å². The van der Waals surface area contributed by atoms with E-state index in [9.17, 15) is 9.59 Å². The predicted octanol–water partition coefficient (Wildman–Crippen LogP) is 1.00. The van der Waals surface area contributed by atoms with Gasteiger partial charge in [0.25, 0.3) is 0 Å². The van der Waals surface area contributed by atoms with E-state index in [0.29, 0.717) is 5.82 Å². The number of anilines is 1. The molecule has 2 amide bonds. The van der Waals surface area contributed by atoms with Gasteiger partial charge in [-0.2, -0.15) is 0 Å². The number of aromatic nitrogens is 2. The van der Waals surface area contributed by atoms with E-state index in [-0.39, 0.29) is 12.6 Å². The number of carbonyl (C=O) groups is 2. The topological polar surface area (TPSA) is 67.7 Å². The molecule has 0 spiro atoms. The van der Waals surface area contributed by atoms with Crippen molar-refractivity contribution in [2.24, 2.45) is 7.05 Å². The SMILES string of the molecule is CN1C(=O)N(c2cn(C)cn2)CC1C(=O)OC(C)(C)C. The number of amides is 2. The van der Waals surface area contributed by atoms with Crippen molar-refractivity contribution in [3.05, 3.63) is 12.5 Å². The number of hydrogen-bond acceptors (Lipinski definition) is 4. The molecule has 0 N–H and O–H groups in total. The molecule has 7 heteroatoms. The lowest BCUT2D eigenvalue weighted by Crippen LogP contribution is -2.40. The molecule has 1 saturated heterocycles. The molecule has 1 aromatic heterocycles. The first kappa shape index (κ1) is 14.4. The molecule has 2 rings (SSSR count). The highest BCUT2D eigenvalue weighted by Gasteiger charge is 2.42. The van der Waals surface area contributed by atoms with Gasteiger partial charge in [0.2, 0.25) is 0 Å². The van der Waals surface area contributed by atoms with Gasteiger partial charge in [-0.1, -0.05) is 0 Å². The van der Waals surface area contributed by atoms with Crippen molar-refractivity contribution >= 4 is 17.8 Å². The minimum absolute atomic E-state index is 0.250. The maximum absolute atomic E-state index is 12.2. The molecule has 0 bridgehead atoms. The van der Waals surface area contributed by atoms with E-state index in [1.807, 2.05) is 7.05 Å². The van der Waals surface area contributed by atoms with E-state index in [1.54, 1.807) is 44.9 Å². The maximum Gasteiger partial charge on any atom is 0.331 e. The van der Waals surface area contributed by atoms with Crippen molar-refractivity contribution < 1.29 is 14.3 Å². The van der Waals surface area contributed by atoms with Crippen LogP contribution in [0.1, 0.15) is 20.8 Å².